The molecular formula is C22H34O2. The summed E-state index contributed by atoms with van der Waals surface area (Å²) in [6.45, 7) is 9.03. The van der Waals surface area contributed by atoms with Crippen molar-refractivity contribution >= 4 is 0 Å². The minimum atomic E-state index is 0.255. The van der Waals surface area contributed by atoms with Crippen LogP contribution in [0.25, 0.3) is 0 Å². The van der Waals surface area contributed by atoms with Gasteiger partial charge >= 0.3 is 0 Å². The van der Waals surface area contributed by atoms with Gasteiger partial charge in [0, 0.05) is 12.0 Å². The van der Waals surface area contributed by atoms with E-state index in [2.05, 4.69) is 27.7 Å². The van der Waals surface area contributed by atoms with Crippen molar-refractivity contribution in [3.63, 3.8) is 0 Å². The largest absolute Gasteiger partial charge is 0.508 e. The average molecular weight is 331 g/mol. The second-order valence-corrected chi connectivity index (χ2v) is 8.32. The van der Waals surface area contributed by atoms with Crippen LogP contribution in [0, 0.1) is 5.41 Å². The minimum absolute atomic E-state index is 0.255. The normalized spacial score (nSPS) is 17.3. The van der Waals surface area contributed by atoms with Gasteiger partial charge in [0.25, 0.3) is 0 Å². The molecule has 0 radical (unpaired) electrons. The number of aromatic hydroxyl groups is 2. The molecule has 0 heterocycles. The highest BCUT2D eigenvalue weighted by Crippen LogP contribution is 2.41. The van der Waals surface area contributed by atoms with Gasteiger partial charge in [-0.15, -0.1) is 0 Å². The van der Waals surface area contributed by atoms with Crippen LogP contribution >= 0.6 is 0 Å². The second-order valence-electron chi connectivity index (χ2n) is 8.32. The highest BCUT2D eigenvalue weighted by atomic mass is 16.3. The third kappa shape index (κ3) is 5.03. The molecule has 0 saturated carbocycles. The number of rotatable bonds is 7. The Kier molecular flexibility index (Phi) is 6.37. The van der Waals surface area contributed by atoms with Crippen LogP contribution in [0.1, 0.15) is 83.8 Å². The Morgan fingerprint density at radius 3 is 2.29 bits per heavy atom. The van der Waals surface area contributed by atoms with Crippen molar-refractivity contribution in [3.05, 3.63) is 34.4 Å². The van der Waals surface area contributed by atoms with Crippen LogP contribution in [0.5, 0.6) is 11.5 Å². The molecule has 0 bridgehead atoms. The molecule has 24 heavy (non-hydrogen) atoms. The molecule has 0 saturated heterocycles. The first kappa shape index (κ1) is 18.9. The minimum Gasteiger partial charge on any atom is -0.508 e. The summed E-state index contributed by atoms with van der Waals surface area (Å²) in [5.41, 5.74) is 4.92. The molecule has 2 heteroatoms. The summed E-state index contributed by atoms with van der Waals surface area (Å²) in [4.78, 5) is 0. The number of allylic oxidation sites excluding steroid dienone is 2. The molecule has 0 atom stereocenters. The Hall–Kier alpha value is -1.44. The maximum Gasteiger partial charge on any atom is 0.123 e. The fourth-order valence-electron chi connectivity index (χ4n) is 3.87. The zero-order valence-corrected chi connectivity index (χ0v) is 15.9. The molecule has 0 unspecified atom stereocenters. The number of aryl methyl sites for hydroxylation is 1. The van der Waals surface area contributed by atoms with E-state index in [1.165, 1.54) is 36.8 Å². The van der Waals surface area contributed by atoms with Crippen LogP contribution in [-0.4, -0.2) is 10.2 Å². The maximum absolute atomic E-state index is 10.4. The molecule has 1 aliphatic rings. The molecule has 0 amide bonds. The van der Waals surface area contributed by atoms with Crippen LogP contribution in [-0.2, 0) is 12.8 Å². The monoisotopic (exact) mass is 330 g/mol. The summed E-state index contributed by atoms with van der Waals surface area (Å²) in [7, 11) is 0. The number of phenols is 2. The van der Waals surface area contributed by atoms with Gasteiger partial charge in [-0.1, -0.05) is 51.2 Å². The van der Waals surface area contributed by atoms with Crippen LogP contribution in [0.3, 0.4) is 0 Å². The lowest BCUT2D eigenvalue weighted by atomic mass is 9.73. The SMILES string of the molecule is CCCCCCc1cc(O)c(CC2=C(C)CC(C)(C)CC2)c(O)c1. The topological polar surface area (TPSA) is 40.5 Å². The van der Waals surface area contributed by atoms with E-state index in [-0.39, 0.29) is 11.5 Å². The van der Waals surface area contributed by atoms with Crippen molar-refractivity contribution in [1.29, 1.82) is 0 Å². The Morgan fingerprint density at radius 1 is 1.04 bits per heavy atom. The predicted octanol–water partition coefficient (Wildman–Crippen LogP) is 6.29. The fraction of sp³-hybridized carbons (Fsp3) is 0.636. The smallest absolute Gasteiger partial charge is 0.123 e. The molecule has 2 N–H and O–H groups in total. The fourth-order valence-corrected chi connectivity index (χ4v) is 3.87. The molecule has 1 aromatic rings. The van der Waals surface area contributed by atoms with Gasteiger partial charge in [-0.05, 0) is 62.1 Å². The Labute approximate surface area is 147 Å². The van der Waals surface area contributed by atoms with Gasteiger partial charge in [0.15, 0.2) is 0 Å². The van der Waals surface area contributed by atoms with Gasteiger partial charge in [-0.2, -0.15) is 0 Å². The van der Waals surface area contributed by atoms with E-state index in [4.69, 9.17) is 0 Å². The van der Waals surface area contributed by atoms with Crippen molar-refractivity contribution in [3.8, 4) is 11.5 Å². The van der Waals surface area contributed by atoms with Crippen LogP contribution in [0.15, 0.2) is 23.3 Å². The van der Waals surface area contributed by atoms with Gasteiger partial charge in [-0.3, -0.25) is 0 Å². The number of unbranched alkanes of at least 4 members (excludes halogenated alkanes) is 3. The van der Waals surface area contributed by atoms with Crippen molar-refractivity contribution < 1.29 is 10.2 Å². The summed E-state index contributed by atoms with van der Waals surface area (Å²) in [6.07, 6.45) is 9.76. The van der Waals surface area contributed by atoms with Gasteiger partial charge in [0.1, 0.15) is 11.5 Å². The number of phenolic OH excluding ortho intramolecular Hbond substituents is 2. The van der Waals surface area contributed by atoms with Crippen LogP contribution < -0.4 is 0 Å². The van der Waals surface area contributed by atoms with Crippen molar-refractivity contribution in [2.24, 2.45) is 5.41 Å². The third-order valence-electron chi connectivity index (χ3n) is 5.42. The highest BCUT2D eigenvalue weighted by molar-refractivity contribution is 5.49. The summed E-state index contributed by atoms with van der Waals surface area (Å²) < 4.78 is 0. The Bertz CT molecular complexity index is 573. The van der Waals surface area contributed by atoms with Gasteiger partial charge < -0.3 is 10.2 Å². The molecule has 1 aliphatic carbocycles. The second kappa shape index (κ2) is 8.09. The molecular weight excluding hydrogens is 296 g/mol. The van der Waals surface area contributed by atoms with Gasteiger partial charge in [-0.25, -0.2) is 0 Å². The van der Waals surface area contributed by atoms with E-state index < -0.39 is 0 Å². The van der Waals surface area contributed by atoms with Crippen molar-refractivity contribution in [1.82, 2.24) is 0 Å². The predicted molar refractivity (Wildman–Crippen MR) is 102 cm³/mol. The molecule has 2 nitrogen and oxygen atoms in total. The number of hydrogen-bond acceptors (Lipinski definition) is 2. The zero-order valence-electron chi connectivity index (χ0n) is 15.9. The van der Waals surface area contributed by atoms with E-state index in [0.29, 0.717) is 17.4 Å². The quantitative estimate of drug-likeness (QED) is 0.455. The molecule has 2 rings (SSSR count). The Morgan fingerprint density at radius 2 is 1.71 bits per heavy atom. The van der Waals surface area contributed by atoms with Crippen molar-refractivity contribution in [2.45, 2.75) is 85.5 Å². The van der Waals surface area contributed by atoms with E-state index in [1.807, 2.05) is 12.1 Å². The number of hydrogen-bond donors (Lipinski definition) is 2. The summed E-state index contributed by atoms with van der Waals surface area (Å²) in [6, 6.07) is 3.70. The molecule has 0 aliphatic heterocycles. The van der Waals surface area contributed by atoms with Gasteiger partial charge in [0.2, 0.25) is 0 Å². The lowest BCUT2D eigenvalue weighted by Gasteiger charge is -2.32. The van der Waals surface area contributed by atoms with Crippen LogP contribution in [0.2, 0.25) is 0 Å². The summed E-state index contributed by atoms with van der Waals surface area (Å²) in [5, 5.41) is 20.8. The Balaban J connectivity index is 2.09. The standard InChI is InChI=1S/C22H34O2/c1-5-6-7-8-9-17-12-20(23)19(21(24)13-17)14-18-10-11-22(3,4)15-16(18)2/h12-13,23-24H,5-11,14-15H2,1-4H3. The first-order valence-corrected chi connectivity index (χ1v) is 9.53. The van der Waals surface area contributed by atoms with E-state index in [0.717, 1.165) is 31.2 Å². The molecule has 0 spiro atoms. The summed E-state index contributed by atoms with van der Waals surface area (Å²) >= 11 is 0. The molecule has 0 aromatic heterocycles. The van der Waals surface area contributed by atoms with E-state index in [1.54, 1.807) is 0 Å². The van der Waals surface area contributed by atoms with Gasteiger partial charge in [0.05, 0.1) is 0 Å². The van der Waals surface area contributed by atoms with Crippen molar-refractivity contribution in [2.75, 3.05) is 0 Å². The zero-order chi connectivity index (χ0) is 17.7. The first-order chi connectivity index (χ1) is 11.3. The average Bonchev–Trinajstić information content (AvgIpc) is 2.48. The molecule has 134 valence electrons. The molecule has 0 fully saturated rings. The maximum atomic E-state index is 10.4. The highest BCUT2D eigenvalue weighted by Gasteiger charge is 2.26. The first-order valence-electron chi connectivity index (χ1n) is 9.53. The lowest BCUT2D eigenvalue weighted by molar-refractivity contribution is 0.311. The number of benzene rings is 1. The third-order valence-corrected chi connectivity index (χ3v) is 5.42. The lowest BCUT2D eigenvalue weighted by Crippen LogP contribution is -2.18. The summed E-state index contributed by atoms with van der Waals surface area (Å²) in [5.74, 6) is 0.510. The van der Waals surface area contributed by atoms with E-state index >= 15 is 0 Å². The molecule has 1 aromatic carbocycles. The van der Waals surface area contributed by atoms with E-state index in [9.17, 15) is 10.2 Å². The van der Waals surface area contributed by atoms with Crippen LogP contribution in [0.4, 0.5) is 0 Å².